The highest BCUT2D eigenvalue weighted by Crippen LogP contribution is 2.27. The third kappa shape index (κ3) is 3.86. The number of halogens is 2. The number of phenolic OH excluding ortho intramolecular Hbond substituents is 1. The molecular formula is C15H14ClFN2O2. The molecule has 0 aliphatic carbocycles. The van der Waals surface area contributed by atoms with Gasteiger partial charge in [-0.25, -0.2) is 4.39 Å². The Labute approximate surface area is 126 Å². The monoisotopic (exact) mass is 308 g/mol. The number of para-hydroxylation sites is 1. The second-order valence-electron chi connectivity index (χ2n) is 4.48. The van der Waals surface area contributed by atoms with Gasteiger partial charge in [0.1, 0.15) is 0 Å². The maximum absolute atomic E-state index is 13.2. The summed E-state index contributed by atoms with van der Waals surface area (Å²) in [4.78, 5) is 11.0. The van der Waals surface area contributed by atoms with E-state index in [0.717, 1.165) is 0 Å². The summed E-state index contributed by atoms with van der Waals surface area (Å²) in [5.41, 5.74) is 1.65. The van der Waals surface area contributed by atoms with Crippen molar-refractivity contribution in [3.8, 4) is 5.75 Å². The number of nitrogens with one attached hydrogen (secondary N) is 2. The highest BCUT2D eigenvalue weighted by atomic mass is 35.5. The first-order chi connectivity index (χ1) is 9.97. The summed E-state index contributed by atoms with van der Waals surface area (Å²) in [6.07, 6.45) is 0. The largest absolute Gasteiger partial charge is 0.505 e. The number of rotatable bonds is 4. The third-order valence-electron chi connectivity index (χ3n) is 2.83. The summed E-state index contributed by atoms with van der Waals surface area (Å²) in [5, 5.41) is 15.6. The standard InChI is InChI=1S/C15H14ClFN2O2/c1-9(20)19-14-6-5-11(7-12(14)16)18-8-10-3-2-4-13(17)15(10)21/h2-7,18,21H,8H2,1H3,(H,19,20). The average molecular weight is 309 g/mol. The molecule has 2 aromatic carbocycles. The summed E-state index contributed by atoms with van der Waals surface area (Å²) in [6.45, 7) is 1.65. The lowest BCUT2D eigenvalue weighted by Gasteiger charge is -2.11. The normalized spacial score (nSPS) is 10.2. The molecule has 6 heteroatoms. The molecule has 1 amide bonds. The summed E-state index contributed by atoms with van der Waals surface area (Å²) in [6, 6.07) is 9.38. The summed E-state index contributed by atoms with van der Waals surface area (Å²) >= 11 is 6.05. The molecule has 0 aliphatic heterocycles. The first-order valence-corrected chi connectivity index (χ1v) is 6.62. The van der Waals surface area contributed by atoms with Crippen molar-refractivity contribution in [2.75, 3.05) is 10.6 Å². The Balaban J connectivity index is 2.08. The number of carbonyl (C=O) groups is 1. The van der Waals surface area contributed by atoms with Gasteiger partial charge >= 0.3 is 0 Å². The van der Waals surface area contributed by atoms with Gasteiger partial charge in [0.05, 0.1) is 10.7 Å². The van der Waals surface area contributed by atoms with Crippen LogP contribution in [0.5, 0.6) is 5.75 Å². The predicted octanol–water partition coefficient (Wildman–Crippen LogP) is 3.76. The van der Waals surface area contributed by atoms with Crippen molar-refractivity contribution in [3.05, 3.63) is 52.8 Å². The van der Waals surface area contributed by atoms with Crippen molar-refractivity contribution in [3.63, 3.8) is 0 Å². The summed E-state index contributed by atoms with van der Waals surface area (Å²) < 4.78 is 13.2. The van der Waals surface area contributed by atoms with Gasteiger partial charge in [-0.3, -0.25) is 4.79 Å². The van der Waals surface area contributed by atoms with E-state index in [1.807, 2.05) is 0 Å². The molecule has 0 saturated heterocycles. The van der Waals surface area contributed by atoms with E-state index in [1.54, 1.807) is 24.3 Å². The van der Waals surface area contributed by atoms with Crippen molar-refractivity contribution in [2.45, 2.75) is 13.5 Å². The van der Waals surface area contributed by atoms with Gasteiger partial charge in [-0.2, -0.15) is 0 Å². The molecule has 2 aromatic rings. The minimum Gasteiger partial charge on any atom is -0.505 e. The highest BCUT2D eigenvalue weighted by molar-refractivity contribution is 6.34. The zero-order valence-electron chi connectivity index (χ0n) is 11.3. The highest BCUT2D eigenvalue weighted by Gasteiger charge is 2.07. The van der Waals surface area contributed by atoms with Crippen molar-refractivity contribution in [2.24, 2.45) is 0 Å². The van der Waals surface area contributed by atoms with Crippen LogP contribution in [0.25, 0.3) is 0 Å². The Morgan fingerprint density at radius 3 is 2.76 bits per heavy atom. The Bertz CT molecular complexity index is 677. The van der Waals surface area contributed by atoms with Crippen LogP contribution in [0.3, 0.4) is 0 Å². The maximum atomic E-state index is 13.2. The fourth-order valence-corrected chi connectivity index (χ4v) is 2.04. The van der Waals surface area contributed by atoms with E-state index in [2.05, 4.69) is 10.6 Å². The first kappa shape index (κ1) is 15.1. The molecule has 4 nitrogen and oxygen atoms in total. The molecule has 0 unspecified atom stereocenters. The maximum Gasteiger partial charge on any atom is 0.221 e. The SMILES string of the molecule is CC(=O)Nc1ccc(NCc2cccc(F)c2O)cc1Cl. The quantitative estimate of drug-likeness (QED) is 0.806. The first-order valence-electron chi connectivity index (χ1n) is 6.24. The lowest BCUT2D eigenvalue weighted by molar-refractivity contribution is -0.114. The molecule has 21 heavy (non-hydrogen) atoms. The van der Waals surface area contributed by atoms with Gasteiger partial charge in [-0.1, -0.05) is 23.7 Å². The average Bonchev–Trinajstić information content (AvgIpc) is 2.43. The third-order valence-corrected chi connectivity index (χ3v) is 3.15. The number of hydrogen-bond acceptors (Lipinski definition) is 3. The number of phenols is 1. The minimum atomic E-state index is -0.659. The van der Waals surface area contributed by atoms with Crippen LogP contribution < -0.4 is 10.6 Å². The van der Waals surface area contributed by atoms with E-state index in [0.29, 0.717) is 22.0 Å². The number of hydrogen-bond donors (Lipinski definition) is 3. The van der Waals surface area contributed by atoms with Crippen LogP contribution in [0.4, 0.5) is 15.8 Å². The summed E-state index contributed by atoms with van der Waals surface area (Å²) in [7, 11) is 0. The second kappa shape index (κ2) is 6.45. The molecule has 110 valence electrons. The van der Waals surface area contributed by atoms with E-state index in [9.17, 15) is 14.3 Å². The number of benzene rings is 2. The zero-order valence-corrected chi connectivity index (χ0v) is 12.0. The fourth-order valence-electron chi connectivity index (χ4n) is 1.82. The lowest BCUT2D eigenvalue weighted by atomic mass is 10.2. The molecule has 2 rings (SSSR count). The molecule has 0 saturated carbocycles. The number of aromatic hydroxyl groups is 1. The Hall–Kier alpha value is -2.27. The Kier molecular flexibility index (Phi) is 4.65. The Morgan fingerprint density at radius 1 is 1.33 bits per heavy atom. The van der Waals surface area contributed by atoms with E-state index in [1.165, 1.54) is 19.1 Å². The van der Waals surface area contributed by atoms with Crippen LogP contribution in [0.15, 0.2) is 36.4 Å². The number of amides is 1. The van der Waals surface area contributed by atoms with Crippen LogP contribution in [0.2, 0.25) is 5.02 Å². The topological polar surface area (TPSA) is 61.4 Å². The van der Waals surface area contributed by atoms with E-state index < -0.39 is 5.82 Å². The van der Waals surface area contributed by atoms with E-state index in [-0.39, 0.29) is 18.2 Å². The van der Waals surface area contributed by atoms with E-state index in [4.69, 9.17) is 11.6 Å². The van der Waals surface area contributed by atoms with Crippen molar-refractivity contribution in [1.29, 1.82) is 0 Å². The number of carbonyl (C=O) groups excluding carboxylic acids is 1. The minimum absolute atomic E-state index is 0.206. The van der Waals surface area contributed by atoms with Crippen molar-refractivity contribution < 1.29 is 14.3 Å². The van der Waals surface area contributed by atoms with Crippen LogP contribution in [-0.2, 0) is 11.3 Å². The molecular weight excluding hydrogens is 295 g/mol. The Morgan fingerprint density at radius 2 is 2.10 bits per heavy atom. The van der Waals surface area contributed by atoms with Crippen molar-refractivity contribution in [1.82, 2.24) is 0 Å². The van der Waals surface area contributed by atoms with Gasteiger partial charge < -0.3 is 15.7 Å². The zero-order chi connectivity index (χ0) is 15.4. The van der Waals surface area contributed by atoms with Crippen LogP contribution in [0, 0.1) is 5.82 Å². The molecule has 0 spiro atoms. The van der Waals surface area contributed by atoms with Gasteiger partial charge in [0.25, 0.3) is 0 Å². The lowest BCUT2D eigenvalue weighted by Crippen LogP contribution is -2.06. The van der Waals surface area contributed by atoms with Gasteiger partial charge in [0.2, 0.25) is 5.91 Å². The second-order valence-corrected chi connectivity index (χ2v) is 4.88. The summed E-state index contributed by atoms with van der Waals surface area (Å²) in [5.74, 6) is -1.23. The molecule has 0 bridgehead atoms. The van der Waals surface area contributed by atoms with Crippen LogP contribution in [-0.4, -0.2) is 11.0 Å². The molecule has 0 aliphatic rings. The van der Waals surface area contributed by atoms with Crippen molar-refractivity contribution >= 4 is 28.9 Å². The van der Waals surface area contributed by atoms with Gasteiger partial charge in [-0.15, -0.1) is 0 Å². The van der Waals surface area contributed by atoms with Gasteiger partial charge in [-0.05, 0) is 24.3 Å². The van der Waals surface area contributed by atoms with Crippen LogP contribution >= 0.6 is 11.6 Å². The molecule has 3 N–H and O–H groups in total. The fraction of sp³-hybridized carbons (Fsp3) is 0.133. The molecule has 0 heterocycles. The van der Waals surface area contributed by atoms with Crippen LogP contribution in [0.1, 0.15) is 12.5 Å². The van der Waals surface area contributed by atoms with Gasteiger partial charge in [0.15, 0.2) is 11.6 Å². The molecule has 0 aromatic heterocycles. The van der Waals surface area contributed by atoms with E-state index >= 15 is 0 Å². The predicted molar refractivity (Wildman–Crippen MR) is 81.1 cm³/mol. The number of anilines is 2. The molecule has 0 radical (unpaired) electrons. The smallest absolute Gasteiger partial charge is 0.221 e. The van der Waals surface area contributed by atoms with Gasteiger partial charge in [0, 0.05) is 24.7 Å². The molecule has 0 fully saturated rings. The molecule has 0 atom stereocenters.